The summed E-state index contributed by atoms with van der Waals surface area (Å²) in [6, 6.07) is 4.25. The highest BCUT2D eigenvalue weighted by Crippen LogP contribution is 2.49. The quantitative estimate of drug-likeness (QED) is 0.892. The molecule has 4 rings (SSSR count). The molecule has 6 heteroatoms. The fraction of sp³-hybridized carbons (Fsp3) is 0.706. The van der Waals surface area contributed by atoms with E-state index in [1.807, 2.05) is 12.3 Å². The number of aryl methyl sites for hydroxylation is 1. The van der Waals surface area contributed by atoms with Crippen LogP contribution in [-0.2, 0) is 16.6 Å². The Morgan fingerprint density at radius 3 is 2.87 bits per heavy atom. The summed E-state index contributed by atoms with van der Waals surface area (Å²) in [5.74, 6) is 0. The van der Waals surface area contributed by atoms with Crippen LogP contribution in [-0.4, -0.2) is 42.7 Å². The second-order valence-electron chi connectivity index (χ2n) is 7.70. The number of hydrogen-bond donors (Lipinski definition) is 1. The first kappa shape index (κ1) is 15.5. The highest BCUT2D eigenvalue weighted by Gasteiger charge is 2.50. The minimum absolute atomic E-state index is 0.105. The maximum atomic E-state index is 12.0. The van der Waals surface area contributed by atoms with Gasteiger partial charge in [0.2, 0.25) is 10.0 Å². The monoisotopic (exact) mass is 335 g/mol. The Balaban J connectivity index is 1.31. The lowest BCUT2D eigenvalue weighted by atomic mass is 9.65. The number of rotatable bonds is 5. The van der Waals surface area contributed by atoms with Crippen LogP contribution >= 0.6 is 0 Å². The molecule has 1 aromatic heterocycles. The van der Waals surface area contributed by atoms with Crippen molar-refractivity contribution >= 4 is 10.0 Å². The second kappa shape index (κ2) is 5.53. The van der Waals surface area contributed by atoms with Gasteiger partial charge in [-0.15, -0.1) is 0 Å². The molecule has 1 N–H and O–H groups in total. The maximum Gasteiger partial charge on any atom is 0.214 e. The molecule has 0 bridgehead atoms. The van der Waals surface area contributed by atoms with Crippen molar-refractivity contribution < 1.29 is 8.42 Å². The molecule has 2 saturated carbocycles. The van der Waals surface area contributed by atoms with Gasteiger partial charge in [0.1, 0.15) is 0 Å². The van der Waals surface area contributed by atoms with Crippen molar-refractivity contribution in [1.82, 2.24) is 14.6 Å². The summed E-state index contributed by atoms with van der Waals surface area (Å²) in [4.78, 5) is 6.96. The van der Waals surface area contributed by atoms with Gasteiger partial charge in [0.05, 0.1) is 10.9 Å². The molecule has 0 atom stereocenters. The van der Waals surface area contributed by atoms with Gasteiger partial charge in [0, 0.05) is 25.3 Å². The fourth-order valence-electron chi connectivity index (χ4n) is 4.17. The van der Waals surface area contributed by atoms with Gasteiger partial charge >= 0.3 is 0 Å². The molecule has 126 valence electrons. The molecule has 1 aromatic rings. The molecule has 0 radical (unpaired) electrons. The standard InChI is InChI=1S/C17H25N3O2S/c1-13-3-2-7-18-16(13)11-20-8-6-17(12-20)9-14(10-17)19-23(21,22)15-4-5-15/h2-3,7,14-15,19H,4-6,8-12H2,1H3. The summed E-state index contributed by atoms with van der Waals surface area (Å²) < 4.78 is 26.9. The topological polar surface area (TPSA) is 62.3 Å². The van der Waals surface area contributed by atoms with E-state index in [0.29, 0.717) is 5.41 Å². The van der Waals surface area contributed by atoms with Gasteiger partial charge in [-0.1, -0.05) is 6.07 Å². The largest absolute Gasteiger partial charge is 0.297 e. The zero-order chi connectivity index (χ0) is 16.1. The predicted octanol–water partition coefficient (Wildman–Crippen LogP) is 1.83. The molecule has 0 unspecified atom stereocenters. The van der Waals surface area contributed by atoms with Crippen molar-refractivity contribution in [3.63, 3.8) is 0 Å². The van der Waals surface area contributed by atoms with Crippen molar-refractivity contribution in [2.45, 2.75) is 56.9 Å². The van der Waals surface area contributed by atoms with Gasteiger partial charge in [-0.2, -0.15) is 0 Å². The van der Waals surface area contributed by atoms with Crippen molar-refractivity contribution in [2.24, 2.45) is 5.41 Å². The molecule has 5 nitrogen and oxygen atoms in total. The number of sulfonamides is 1. The molecule has 2 aliphatic carbocycles. The van der Waals surface area contributed by atoms with E-state index >= 15 is 0 Å². The van der Waals surface area contributed by atoms with Crippen molar-refractivity contribution in [3.8, 4) is 0 Å². The van der Waals surface area contributed by atoms with Crippen LogP contribution in [0.4, 0.5) is 0 Å². The van der Waals surface area contributed by atoms with Crippen LogP contribution < -0.4 is 4.72 Å². The van der Waals surface area contributed by atoms with Crippen molar-refractivity contribution in [3.05, 3.63) is 29.6 Å². The summed E-state index contributed by atoms with van der Waals surface area (Å²) in [6.45, 7) is 5.19. The lowest BCUT2D eigenvalue weighted by molar-refractivity contribution is 0.101. The number of hydrogen-bond acceptors (Lipinski definition) is 4. The van der Waals surface area contributed by atoms with E-state index in [1.165, 1.54) is 12.0 Å². The van der Waals surface area contributed by atoms with Gasteiger partial charge in [0.15, 0.2) is 0 Å². The Morgan fingerprint density at radius 2 is 2.17 bits per heavy atom. The molecule has 1 spiro atoms. The highest BCUT2D eigenvalue weighted by atomic mass is 32.2. The van der Waals surface area contributed by atoms with E-state index in [9.17, 15) is 8.42 Å². The molecule has 1 saturated heterocycles. The summed E-state index contributed by atoms with van der Waals surface area (Å²) in [5.41, 5.74) is 2.74. The molecule has 0 aromatic carbocycles. The van der Waals surface area contributed by atoms with Crippen molar-refractivity contribution in [2.75, 3.05) is 13.1 Å². The molecule has 23 heavy (non-hydrogen) atoms. The fourth-order valence-corrected chi connectivity index (χ4v) is 5.75. The first-order valence-corrected chi connectivity index (χ1v) is 10.1. The summed E-state index contributed by atoms with van der Waals surface area (Å²) in [5, 5.41) is -0.105. The van der Waals surface area contributed by atoms with Crippen LogP contribution in [0.1, 0.15) is 43.4 Å². The molecule has 3 fully saturated rings. The SMILES string of the molecule is Cc1cccnc1CN1CCC2(CC(NS(=O)(=O)C3CC3)C2)C1. The van der Waals surface area contributed by atoms with Crippen LogP contribution in [0.5, 0.6) is 0 Å². The first-order valence-electron chi connectivity index (χ1n) is 8.60. The van der Waals surface area contributed by atoms with Crippen molar-refractivity contribution in [1.29, 1.82) is 0 Å². The zero-order valence-corrected chi connectivity index (χ0v) is 14.5. The highest BCUT2D eigenvalue weighted by molar-refractivity contribution is 7.90. The third-order valence-corrected chi connectivity index (χ3v) is 7.67. The van der Waals surface area contributed by atoms with Gasteiger partial charge < -0.3 is 0 Å². The van der Waals surface area contributed by atoms with Gasteiger partial charge in [0.25, 0.3) is 0 Å². The van der Waals surface area contributed by atoms with Crippen LogP contribution in [0.3, 0.4) is 0 Å². The lowest BCUT2D eigenvalue weighted by Gasteiger charge is -2.45. The Labute approximate surface area is 138 Å². The minimum atomic E-state index is -3.03. The molecule has 2 heterocycles. The van der Waals surface area contributed by atoms with Crippen LogP contribution in [0.2, 0.25) is 0 Å². The number of likely N-dealkylation sites (tertiary alicyclic amines) is 1. The van der Waals surface area contributed by atoms with Gasteiger partial charge in [-0.05, 0) is 62.6 Å². The number of aromatic nitrogens is 1. The van der Waals surface area contributed by atoms with Crippen LogP contribution in [0.25, 0.3) is 0 Å². The Hall–Kier alpha value is -0.980. The summed E-state index contributed by atoms with van der Waals surface area (Å²) in [6.07, 6.45) is 6.71. The Morgan fingerprint density at radius 1 is 1.39 bits per heavy atom. The average molecular weight is 335 g/mol. The predicted molar refractivity (Wildman–Crippen MR) is 89.4 cm³/mol. The summed E-state index contributed by atoms with van der Waals surface area (Å²) in [7, 11) is -3.03. The molecular formula is C17H25N3O2S. The Bertz CT molecular complexity index is 694. The van der Waals surface area contributed by atoms with Gasteiger partial charge in [-0.3, -0.25) is 9.88 Å². The lowest BCUT2D eigenvalue weighted by Crippen LogP contribution is -2.52. The first-order chi connectivity index (χ1) is 11.0. The van der Waals surface area contributed by atoms with E-state index in [1.54, 1.807) is 0 Å². The number of pyridine rings is 1. The van der Waals surface area contributed by atoms with E-state index < -0.39 is 10.0 Å². The van der Waals surface area contributed by atoms with E-state index in [-0.39, 0.29) is 11.3 Å². The minimum Gasteiger partial charge on any atom is -0.297 e. The smallest absolute Gasteiger partial charge is 0.214 e. The third-order valence-electron chi connectivity index (χ3n) is 5.66. The zero-order valence-electron chi connectivity index (χ0n) is 13.7. The number of nitrogens with zero attached hydrogens (tertiary/aromatic N) is 2. The van der Waals surface area contributed by atoms with Gasteiger partial charge in [-0.25, -0.2) is 13.1 Å². The van der Waals surface area contributed by atoms with E-state index in [2.05, 4.69) is 27.6 Å². The van der Waals surface area contributed by atoms with E-state index in [4.69, 9.17) is 0 Å². The summed E-state index contributed by atoms with van der Waals surface area (Å²) >= 11 is 0. The third kappa shape index (κ3) is 3.16. The van der Waals surface area contributed by atoms with Crippen LogP contribution in [0.15, 0.2) is 18.3 Å². The molecular weight excluding hydrogens is 310 g/mol. The second-order valence-corrected chi connectivity index (χ2v) is 9.69. The van der Waals surface area contributed by atoms with E-state index in [0.717, 1.165) is 51.0 Å². The average Bonchev–Trinajstić information content (AvgIpc) is 3.24. The maximum absolute atomic E-state index is 12.0. The molecule has 3 aliphatic rings. The molecule has 1 aliphatic heterocycles. The molecule has 0 amide bonds. The van der Waals surface area contributed by atoms with Crippen LogP contribution in [0, 0.1) is 12.3 Å². The normalized spacial score (nSPS) is 31.4. The Kier molecular flexibility index (Phi) is 3.74. The number of nitrogens with one attached hydrogen (secondary N) is 1.